The molecule has 84 valence electrons. The van der Waals surface area contributed by atoms with Crippen LogP contribution in [0.4, 0.5) is 0 Å². The third-order valence-corrected chi connectivity index (χ3v) is 2.54. The van der Waals surface area contributed by atoms with Crippen LogP contribution in [0.2, 0.25) is 0 Å². The van der Waals surface area contributed by atoms with Gasteiger partial charge in [-0.3, -0.25) is 4.79 Å². The molecule has 1 aromatic heterocycles. The van der Waals surface area contributed by atoms with Gasteiger partial charge >= 0.3 is 5.97 Å². The number of hydrogen-bond donors (Lipinski definition) is 2. The fourth-order valence-electron chi connectivity index (χ4n) is 0.955. The van der Waals surface area contributed by atoms with Crippen molar-refractivity contribution in [1.29, 1.82) is 0 Å². The molecule has 15 heavy (non-hydrogen) atoms. The summed E-state index contributed by atoms with van der Waals surface area (Å²) in [5.41, 5.74) is 0. The molecule has 1 rings (SSSR count). The number of rotatable bonds is 6. The summed E-state index contributed by atoms with van der Waals surface area (Å²) in [4.78, 5) is 10.8. The number of carbonyl (C=O) groups is 1. The summed E-state index contributed by atoms with van der Waals surface area (Å²) in [6.07, 6.45) is 0. The van der Waals surface area contributed by atoms with Gasteiger partial charge in [0.1, 0.15) is 6.04 Å². The van der Waals surface area contributed by atoms with Gasteiger partial charge in [-0.1, -0.05) is 18.7 Å². The van der Waals surface area contributed by atoms with Gasteiger partial charge in [0.25, 0.3) is 5.22 Å². The maximum Gasteiger partial charge on any atom is 0.321 e. The molecular weight excluding hydrogens is 218 g/mol. The number of carboxylic acid groups (broad SMARTS) is 1. The first-order valence-electron chi connectivity index (χ1n) is 4.52. The molecule has 0 saturated carbocycles. The van der Waals surface area contributed by atoms with Gasteiger partial charge in [0.2, 0.25) is 5.89 Å². The molecule has 0 aliphatic heterocycles. The number of aromatic nitrogens is 2. The van der Waals surface area contributed by atoms with Crippen LogP contribution in [0.25, 0.3) is 0 Å². The molecule has 0 aliphatic carbocycles. The van der Waals surface area contributed by atoms with Gasteiger partial charge in [-0.15, -0.1) is 10.2 Å². The number of aliphatic carboxylic acids is 1. The van der Waals surface area contributed by atoms with Gasteiger partial charge in [-0.05, 0) is 6.54 Å². The van der Waals surface area contributed by atoms with Crippen LogP contribution in [-0.2, 0) is 4.79 Å². The van der Waals surface area contributed by atoms with Crippen molar-refractivity contribution in [3.63, 3.8) is 0 Å². The molecule has 1 atom stereocenters. The van der Waals surface area contributed by atoms with E-state index in [1.165, 1.54) is 11.8 Å². The lowest BCUT2D eigenvalue weighted by molar-refractivity contribution is -0.138. The van der Waals surface area contributed by atoms with Crippen molar-refractivity contribution in [2.75, 3.05) is 12.3 Å². The van der Waals surface area contributed by atoms with Crippen molar-refractivity contribution in [2.24, 2.45) is 0 Å². The maximum absolute atomic E-state index is 10.8. The van der Waals surface area contributed by atoms with Gasteiger partial charge in [-0.2, -0.15) is 0 Å². The van der Waals surface area contributed by atoms with Crippen LogP contribution < -0.4 is 5.32 Å². The van der Waals surface area contributed by atoms with Crippen molar-refractivity contribution in [3.8, 4) is 0 Å². The smallest absolute Gasteiger partial charge is 0.321 e. The van der Waals surface area contributed by atoms with E-state index < -0.39 is 12.0 Å². The summed E-state index contributed by atoms with van der Waals surface area (Å²) in [6.45, 7) is 4.16. The van der Waals surface area contributed by atoms with Crippen molar-refractivity contribution in [1.82, 2.24) is 15.5 Å². The molecule has 0 saturated heterocycles. The Morgan fingerprint density at radius 2 is 2.40 bits per heavy atom. The van der Waals surface area contributed by atoms with E-state index in [4.69, 9.17) is 9.52 Å². The summed E-state index contributed by atoms with van der Waals surface area (Å²) >= 11 is 1.23. The van der Waals surface area contributed by atoms with E-state index in [2.05, 4.69) is 15.5 Å². The molecular formula is C8H13N3O3S. The first-order valence-corrected chi connectivity index (χ1v) is 5.51. The van der Waals surface area contributed by atoms with Crippen molar-refractivity contribution < 1.29 is 14.3 Å². The Kier molecular flexibility index (Phi) is 4.57. The summed E-state index contributed by atoms with van der Waals surface area (Å²) < 4.78 is 5.11. The summed E-state index contributed by atoms with van der Waals surface area (Å²) in [6, 6.07) is -0.591. The molecule has 0 amide bonds. The third-order valence-electron chi connectivity index (χ3n) is 1.63. The Balaban J connectivity index is 2.43. The van der Waals surface area contributed by atoms with Crippen molar-refractivity contribution in [3.05, 3.63) is 5.89 Å². The monoisotopic (exact) mass is 231 g/mol. The lowest BCUT2D eigenvalue weighted by Gasteiger charge is -2.10. The molecule has 0 radical (unpaired) electrons. The highest BCUT2D eigenvalue weighted by Crippen LogP contribution is 2.16. The zero-order valence-corrected chi connectivity index (χ0v) is 9.37. The van der Waals surface area contributed by atoms with Crippen LogP contribution in [-0.4, -0.2) is 39.6 Å². The van der Waals surface area contributed by atoms with E-state index in [1.54, 1.807) is 6.92 Å². The van der Waals surface area contributed by atoms with E-state index in [1.807, 2.05) is 6.92 Å². The van der Waals surface area contributed by atoms with Gasteiger partial charge in [0, 0.05) is 12.7 Å². The maximum atomic E-state index is 10.8. The minimum absolute atomic E-state index is 0.366. The number of carboxylic acids is 1. The van der Waals surface area contributed by atoms with E-state index in [0.717, 1.165) is 0 Å². The van der Waals surface area contributed by atoms with E-state index in [-0.39, 0.29) is 0 Å². The average Bonchev–Trinajstić information content (AvgIpc) is 2.58. The second-order valence-corrected chi connectivity index (χ2v) is 3.82. The highest BCUT2D eigenvalue weighted by molar-refractivity contribution is 7.99. The predicted molar refractivity (Wildman–Crippen MR) is 54.9 cm³/mol. The Bertz CT molecular complexity index is 329. The zero-order valence-electron chi connectivity index (χ0n) is 8.56. The molecule has 1 unspecified atom stereocenters. The van der Waals surface area contributed by atoms with Crippen LogP contribution in [0.1, 0.15) is 12.8 Å². The quantitative estimate of drug-likeness (QED) is 0.690. The molecule has 0 aliphatic rings. The molecule has 7 heteroatoms. The summed E-state index contributed by atoms with van der Waals surface area (Å²) in [5.74, 6) is -0.0291. The molecule has 0 bridgehead atoms. The first-order chi connectivity index (χ1) is 7.13. The van der Waals surface area contributed by atoms with Crippen LogP contribution in [0.15, 0.2) is 9.64 Å². The van der Waals surface area contributed by atoms with Crippen LogP contribution in [0, 0.1) is 6.92 Å². The highest BCUT2D eigenvalue weighted by atomic mass is 32.2. The van der Waals surface area contributed by atoms with E-state index in [9.17, 15) is 4.79 Å². The fourth-order valence-corrected chi connectivity index (χ4v) is 1.80. The highest BCUT2D eigenvalue weighted by Gasteiger charge is 2.17. The largest absolute Gasteiger partial charge is 0.480 e. The first kappa shape index (κ1) is 12.0. The molecule has 0 fully saturated rings. The molecule has 1 heterocycles. The molecule has 0 spiro atoms. The number of aryl methyl sites for hydroxylation is 1. The van der Waals surface area contributed by atoms with E-state index in [0.29, 0.717) is 23.4 Å². The Hall–Kier alpha value is -1.08. The average molecular weight is 231 g/mol. The number of nitrogens with zero attached hydrogens (tertiary/aromatic N) is 2. The normalized spacial score (nSPS) is 12.7. The SMILES string of the molecule is CCNC(CSc1nnc(C)o1)C(=O)O. The zero-order chi connectivity index (χ0) is 11.3. The molecule has 0 aromatic carbocycles. The third kappa shape index (κ3) is 3.88. The Labute approximate surface area is 91.5 Å². The molecule has 1 aromatic rings. The standard InChI is InChI=1S/C8H13N3O3S/c1-3-9-6(7(12)13)4-15-8-11-10-5(2)14-8/h6,9H,3-4H2,1-2H3,(H,12,13). The Morgan fingerprint density at radius 1 is 1.67 bits per heavy atom. The van der Waals surface area contributed by atoms with Crippen molar-refractivity contribution >= 4 is 17.7 Å². The number of thioether (sulfide) groups is 1. The number of likely N-dealkylation sites (N-methyl/N-ethyl adjacent to an activating group) is 1. The van der Waals surface area contributed by atoms with Gasteiger partial charge < -0.3 is 14.8 Å². The minimum Gasteiger partial charge on any atom is -0.480 e. The minimum atomic E-state index is -0.874. The lowest BCUT2D eigenvalue weighted by Crippen LogP contribution is -2.38. The van der Waals surface area contributed by atoms with Gasteiger partial charge in [0.15, 0.2) is 0 Å². The lowest BCUT2D eigenvalue weighted by atomic mass is 10.3. The molecule has 6 nitrogen and oxygen atoms in total. The molecule has 2 N–H and O–H groups in total. The second-order valence-electron chi connectivity index (χ2n) is 2.85. The summed E-state index contributed by atoms with van der Waals surface area (Å²) in [5, 5.41) is 19.5. The number of nitrogens with one attached hydrogen (secondary N) is 1. The van der Waals surface area contributed by atoms with Crippen molar-refractivity contribution in [2.45, 2.75) is 25.1 Å². The van der Waals surface area contributed by atoms with Crippen LogP contribution >= 0.6 is 11.8 Å². The number of hydrogen-bond acceptors (Lipinski definition) is 6. The second kappa shape index (κ2) is 5.72. The van der Waals surface area contributed by atoms with Gasteiger partial charge in [0.05, 0.1) is 0 Å². The predicted octanol–water partition coefficient (Wildman–Crippen LogP) is 0.533. The Morgan fingerprint density at radius 3 is 2.87 bits per heavy atom. The van der Waals surface area contributed by atoms with Crippen LogP contribution in [0.3, 0.4) is 0 Å². The fraction of sp³-hybridized carbons (Fsp3) is 0.625. The van der Waals surface area contributed by atoms with Crippen LogP contribution in [0.5, 0.6) is 0 Å². The topological polar surface area (TPSA) is 88.3 Å². The van der Waals surface area contributed by atoms with Gasteiger partial charge in [-0.25, -0.2) is 0 Å². The summed E-state index contributed by atoms with van der Waals surface area (Å²) in [7, 11) is 0. The van der Waals surface area contributed by atoms with E-state index >= 15 is 0 Å².